The number of hydrogen-bond acceptors (Lipinski definition) is 1. The molecule has 0 aromatic heterocycles. The first-order valence-electron chi connectivity index (χ1n) is 7.18. The van der Waals surface area contributed by atoms with Gasteiger partial charge in [-0.05, 0) is 56.0 Å². The van der Waals surface area contributed by atoms with Crippen LogP contribution in [0, 0.1) is 6.92 Å². The van der Waals surface area contributed by atoms with Crippen molar-refractivity contribution < 1.29 is 0 Å². The van der Waals surface area contributed by atoms with Gasteiger partial charge >= 0.3 is 0 Å². The molecule has 0 heterocycles. The molecule has 0 saturated heterocycles. The third kappa shape index (κ3) is 3.84. The number of rotatable bonds is 6. The van der Waals surface area contributed by atoms with Gasteiger partial charge in [0, 0.05) is 11.1 Å². The van der Waals surface area contributed by atoms with Gasteiger partial charge in [0.25, 0.3) is 0 Å². The van der Waals surface area contributed by atoms with E-state index in [4.69, 9.17) is 11.6 Å². The SMILES string of the molecule is CNC(CCCc1ccccc1)c1cccc(Cl)c1C. The summed E-state index contributed by atoms with van der Waals surface area (Å²) in [4.78, 5) is 0. The quantitative estimate of drug-likeness (QED) is 0.794. The fourth-order valence-electron chi connectivity index (χ4n) is 2.61. The largest absolute Gasteiger partial charge is 0.313 e. The van der Waals surface area contributed by atoms with Gasteiger partial charge in [-0.1, -0.05) is 54.1 Å². The zero-order valence-electron chi connectivity index (χ0n) is 12.2. The van der Waals surface area contributed by atoms with Crippen LogP contribution in [0.2, 0.25) is 5.02 Å². The number of aryl methyl sites for hydroxylation is 1. The second-order valence-electron chi connectivity index (χ2n) is 5.17. The summed E-state index contributed by atoms with van der Waals surface area (Å²) in [5.41, 5.74) is 3.91. The van der Waals surface area contributed by atoms with Gasteiger partial charge < -0.3 is 5.32 Å². The number of hydrogen-bond donors (Lipinski definition) is 1. The van der Waals surface area contributed by atoms with Crippen molar-refractivity contribution in [2.45, 2.75) is 32.2 Å². The molecule has 1 N–H and O–H groups in total. The van der Waals surface area contributed by atoms with E-state index in [9.17, 15) is 0 Å². The second kappa shape index (κ2) is 7.47. The first-order chi connectivity index (χ1) is 9.72. The summed E-state index contributed by atoms with van der Waals surface area (Å²) in [7, 11) is 2.02. The molecule has 2 heteroatoms. The highest BCUT2D eigenvalue weighted by Gasteiger charge is 2.12. The van der Waals surface area contributed by atoms with Crippen LogP contribution in [0.15, 0.2) is 48.5 Å². The molecule has 2 aromatic carbocycles. The Kier molecular flexibility index (Phi) is 5.63. The van der Waals surface area contributed by atoms with Crippen molar-refractivity contribution >= 4 is 11.6 Å². The fraction of sp³-hybridized carbons (Fsp3) is 0.333. The van der Waals surface area contributed by atoms with Crippen LogP contribution in [0.1, 0.15) is 35.6 Å². The molecule has 2 rings (SSSR count). The lowest BCUT2D eigenvalue weighted by atomic mass is 9.96. The molecule has 0 aliphatic carbocycles. The molecule has 0 radical (unpaired) electrons. The first kappa shape index (κ1) is 15.1. The van der Waals surface area contributed by atoms with Crippen molar-refractivity contribution in [2.24, 2.45) is 0 Å². The molecule has 0 saturated carbocycles. The van der Waals surface area contributed by atoms with Gasteiger partial charge in [0.05, 0.1) is 0 Å². The summed E-state index contributed by atoms with van der Waals surface area (Å²) in [6.07, 6.45) is 3.41. The minimum absolute atomic E-state index is 0.373. The van der Waals surface area contributed by atoms with Gasteiger partial charge in [-0.15, -0.1) is 0 Å². The molecule has 1 nitrogen and oxygen atoms in total. The fourth-order valence-corrected chi connectivity index (χ4v) is 2.79. The van der Waals surface area contributed by atoms with Gasteiger partial charge in [-0.25, -0.2) is 0 Å². The smallest absolute Gasteiger partial charge is 0.0438 e. The number of nitrogens with one attached hydrogen (secondary N) is 1. The molecule has 0 aliphatic rings. The molecular weight excluding hydrogens is 266 g/mol. The van der Waals surface area contributed by atoms with Gasteiger partial charge in [-0.3, -0.25) is 0 Å². The Morgan fingerprint density at radius 2 is 1.80 bits per heavy atom. The molecule has 106 valence electrons. The minimum atomic E-state index is 0.373. The predicted octanol–water partition coefficient (Wildman–Crippen LogP) is 4.93. The molecule has 2 aromatic rings. The summed E-state index contributed by atoms with van der Waals surface area (Å²) >= 11 is 6.22. The molecule has 0 aliphatic heterocycles. The van der Waals surface area contributed by atoms with Crippen LogP contribution in [-0.4, -0.2) is 7.05 Å². The third-order valence-electron chi connectivity index (χ3n) is 3.83. The highest BCUT2D eigenvalue weighted by Crippen LogP contribution is 2.27. The molecule has 20 heavy (non-hydrogen) atoms. The summed E-state index contributed by atoms with van der Waals surface area (Å²) in [5, 5.41) is 4.27. The average molecular weight is 288 g/mol. The monoisotopic (exact) mass is 287 g/mol. The lowest BCUT2D eigenvalue weighted by Gasteiger charge is -2.19. The molecule has 0 bridgehead atoms. The second-order valence-corrected chi connectivity index (χ2v) is 5.58. The van der Waals surface area contributed by atoms with E-state index < -0.39 is 0 Å². The van der Waals surface area contributed by atoms with E-state index in [0.717, 1.165) is 17.9 Å². The normalized spacial score (nSPS) is 12.3. The maximum absolute atomic E-state index is 6.22. The average Bonchev–Trinajstić information content (AvgIpc) is 2.48. The summed E-state index contributed by atoms with van der Waals surface area (Å²) in [6.45, 7) is 2.10. The number of benzene rings is 2. The zero-order valence-corrected chi connectivity index (χ0v) is 13.0. The van der Waals surface area contributed by atoms with Gasteiger partial charge in [0.1, 0.15) is 0 Å². The lowest BCUT2D eigenvalue weighted by molar-refractivity contribution is 0.525. The van der Waals surface area contributed by atoms with E-state index in [0.29, 0.717) is 6.04 Å². The molecule has 0 amide bonds. The van der Waals surface area contributed by atoms with Crippen molar-refractivity contribution in [2.75, 3.05) is 7.05 Å². The Morgan fingerprint density at radius 1 is 1.05 bits per heavy atom. The van der Waals surface area contributed by atoms with Crippen molar-refractivity contribution in [3.05, 3.63) is 70.2 Å². The predicted molar refractivity (Wildman–Crippen MR) is 87.4 cm³/mol. The van der Waals surface area contributed by atoms with E-state index in [1.54, 1.807) is 0 Å². The summed E-state index contributed by atoms with van der Waals surface area (Å²) < 4.78 is 0. The number of halogens is 1. The molecular formula is C18H22ClN. The Balaban J connectivity index is 1.97. The van der Waals surface area contributed by atoms with Crippen LogP contribution in [-0.2, 0) is 6.42 Å². The van der Waals surface area contributed by atoms with Crippen LogP contribution in [0.25, 0.3) is 0 Å². The van der Waals surface area contributed by atoms with Crippen molar-refractivity contribution in [3.8, 4) is 0 Å². The van der Waals surface area contributed by atoms with E-state index >= 15 is 0 Å². The van der Waals surface area contributed by atoms with Crippen LogP contribution in [0.5, 0.6) is 0 Å². The van der Waals surface area contributed by atoms with Gasteiger partial charge in [0.2, 0.25) is 0 Å². The Hall–Kier alpha value is -1.31. The third-order valence-corrected chi connectivity index (χ3v) is 4.24. The highest BCUT2D eigenvalue weighted by atomic mass is 35.5. The van der Waals surface area contributed by atoms with E-state index in [2.05, 4.69) is 48.6 Å². The molecule has 1 unspecified atom stereocenters. The van der Waals surface area contributed by atoms with Crippen LogP contribution >= 0.6 is 11.6 Å². The topological polar surface area (TPSA) is 12.0 Å². The summed E-state index contributed by atoms with van der Waals surface area (Å²) in [5.74, 6) is 0. The zero-order chi connectivity index (χ0) is 14.4. The van der Waals surface area contributed by atoms with E-state index in [-0.39, 0.29) is 0 Å². The molecule has 1 atom stereocenters. The van der Waals surface area contributed by atoms with Crippen LogP contribution in [0.4, 0.5) is 0 Å². The van der Waals surface area contributed by atoms with E-state index in [1.807, 2.05) is 19.2 Å². The molecule has 0 spiro atoms. The maximum Gasteiger partial charge on any atom is 0.0438 e. The first-order valence-corrected chi connectivity index (χ1v) is 7.56. The Labute approximate surface area is 127 Å². The minimum Gasteiger partial charge on any atom is -0.313 e. The Bertz CT molecular complexity index is 536. The van der Waals surface area contributed by atoms with Crippen molar-refractivity contribution in [3.63, 3.8) is 0 Å². The molecule has 0 fully saturated rings. The summed E-state index contributed by atoms with van der Waals surface area (Å²) in [6, 6.07) is 17.2. The lowest BCUT2D eigenvalue weighted by Crippen LogP contribution is -2.17. The highest BCUT2D eigenvalue weighted by molar-refractivity contribution is 6.31. The van der Waals surface area contributed by atoms with E-state index in [1.165, 1.54) is 23.1 Å². The maximum atomic E-state index is 6.22. The van der Waals surface area contributed by atoms with Gasteiger partial charge in [0.15, 0.2) is 0 Å². The van der Waals surface area contributed by atoms with Crippen LogP contribution < -0.4 is 5.32 Å². The van der Waals surface area contributed by atoms with Crippen LogP contribution in [0.3, 0.4) is 0 Å². The van der Waals surface area contributed by atoms with Gasteiger partial charge in [-0.2, -0.15) is 0 Å². The standard InChI is InChI=1S/C18H22ClN/c1-14-16(11-7-12-17(14)19)18(20-2)13-6-10-15-8-4-3-5-9-15/h3-5,7-9,11-12,18,20H,6,10,13H2,1-2H3. The van der Waals surface area contributed by atoms with Crippen molar-refractivity contribution in [1.82, 2.24) is 5.32 Å². The Morgan fingerprint density at radius 3 is 2.50 bits per heavy atom. The van der Waals surface area contributed by atoms with Crippen molar-refractivity contribution in [1.29, 1.82) is 0 Å².